The molecule has 0 aliphatic heterocycles. The quantitative estimate of drug-likeness (QED) is 0.616. The number of halogens is 2. The number of oxazole rings is 1. The average molecular weight is 429 g/mol. The highest BCUT2D eigenvalue weighted by Gasteiger charge is 2.19. The zero-order chi connectivity index (χ0) is 15.7. The van der Waals surface area contributed by atoms with E-state index < -0.39 is 0 Å². The van der Waals surface area contributed by atoms with Crippen molar-refractivity contribution in [2.24, 2.45) is 5.73 Å². The molecule has 2 heterocycles. The second-order valence-electron chi connectivity index (χ2n) is 4.91. The van der Waals surface area contributed by atoms with Gasteiger partial charge in [-0.1, -0.05) is 17.7 Å². The molecule has 22 heavy (non-hydrogen) atoms. The largest absolute Gasteiger partial charge is 0.423 e. The van der Waals surface area contributed by atoms with Gasteiger partial charge in [-0.05, 0) is 47.7 Å². The van der Waals surface area contributed by atoms with Gasteiger partial charge in [-0.25, -0.2) is 0 Å². The van der Waals surface area contributed by atoms with Crippen LogP contribution >= 0.6 is 34.2 Å². The first kappa shape index (κ1) is 15.5. The highest BCUT2D eigenvalue weighted by molar-refractivity contribution is 14.1. The third-order valence-electron chi connectivity index (χ3n) is 3.22. The number of benzene rings is 1. The summed E-state index contributed by atoms with van der Waals surface area (Å²) in [5.74, 6) is 0. The van der Waals surface area contributed by atoms with Gasteiger partial charge in [-0.3, -0.25) is 4.98 Å². The molecule has 0 unspecified atom stereocenters. The highest BCUT2D eigenvalue weighted by Crippen LogP contribution is 2.37. The molecule has 0 aliphatic carbocycles. The molecule has 0 radical (unpaired) electrons. The van der Waals surface area contributed by atoms with Gasteiger partial charge < -0.3 is 15.5 Å². The highest BCUT2D eigenvalue weighted by atomic mass is 127. The number of aromatic nitrogens is 2. The van der Waals surface area contributed by atoms with Crippen molar-refractivity contribution in [1.29, 1.82) is 0 Å². The van der Waals surface area contributed by atoms with E-state index in [0.29, 0.717) is 28.7 Å². The fourth-order valence-corrected chi connectivity index (χ4v) is 2.96. The van der Waals surface area contributed by atoms with Crippen LogP contribution in [0.5, 0.6) is 0 Å². The lowest BCUT2D eigenvalue weighted by molar-refractivity contribution is 0.601. The number of nitrogens with one attached hydrogen (secondary N) is 1. The predicted molar refractivity (Wildman–Crippen MR) is 97.1 cm³/mol. The molecule has 2 aromatic heterocycles. The van der Waals surface area contributed by atoms with Crippen LogP contribution in [0.1, 0.15) is 6.92 Å². The van der Waals surface area contributed by atoms with E-state index in [-0.39, 0.29) is 6.04 Å². The Bertz CT molecular complexity index is 806. The van der Waals surface area contributed by atoms with E-state index >= 15 is 0 Å². The molecule has 0 bridgehead atoms. The Balaban J connectivity index is 2.19. The Hall–Kier alpha value is -1.38. The van der Waals surface area contributed by atoms with Crippen LogP contribution in [0, 0.1) is 3.57 Å². The number of hydrogen-bond acceptors (Lipinski definition) is 5. The molecular formula is C15H14ClIN4O. The fraction of sp³-hybridized carbons (Fsp3) is 0.200. The number of anilines is 1. The van der Waals surface area contributed by atoms with Gasteiger partial charge in [0.2, 0.25) is 0 Å². The molecule has 3 aromatic rings. The minimum Gasteiger partial charge on any atom is -0.423 e. The molecule has 114 valence electrons. The molecule has 7 heteroatoms. The van der Waals surface area contributed by atoms with Crippen molar-refractivity contribution in [3.63, 3.8) is 0 Å². The molecule has 0 amide bonds. The number of fused-ring (bicyclic) bond motifs is 1. The first-order valence-electron chi connectivity index (χ1n) is 6.76. The van der Waals surface area contributed by atoms with E-state index in [0.717, 1.165) is 14.8 Å². The van der Waals surface area contributed by atoms with Gasteiger partial charge in [0.1, 0.15) is 5.52 Å². The predicted octanol–water partition coefficient (Wildman–Crippen LogP) is 3.91. The maximum absolute atomic E-state index is 6.33. The number of nitrogens with zero attached hydrogens (tertiary/aromatic N) is 2. The van der Waals surface area contributed by atoms with Gasteiger partial charge in [0.05, 0.1) is 16.3 Å². The van der Waals surface area contributed by atoms with Gasteiger partial charge in [0, 0.05) is 22.4 Å². The van der Waals surface area contributed by atoms with Gasteiger partial charge in [-0.15, -0.1) is 0 Å². The summed E-state index contributed by atoms with van der Waals surface area (Å²) in [5, 5.41) is 3.76. The molecule has 1 atom stereocenters. The van der Waals surface area contributed by atoms with Crippen molar-refractivity contribution >= 4 is 51.3 Å². The van der Waals surface area contributed by atoms with Gasteiger partial charge in [0.25, 0.3) is 6.01 Å². The van der Waals surface area contributed by atoms with Crippen molar-refractivity contribution in [1.82, 2.24) is 9.97 Å². The Morgan fingerprint density at radius 3 is 2.95 bits per heavy atom. The van der Waals surface area contributed by atoms with Crippen molar-refractivity contribution in [2.45, 2.75) is 13.0 Å². The van der Waals surface area contributed by atoms with Crippen LogP contribution in [0.25, 0.3) is 22.4 Å². The maximum Gasteiger partial charge on any atom is 0.295 e. The minimum atomic E-state index is 0.0703. The molecule has 0 fully saturated rings. The van der Waals surface area contributed by atoms with E-state index in [1.807, 2.05) is 25.1 Å². The Morgan fingerprint density at radius 1 is 1.45 bits per heavy atom. The summed E-state index contributed by atoms with van der Waals surface area (Å²) < 4.78 is 6.77. The molecule has 3 rings (SSSR count). The Labute approximate surface area is 146 Å². The van der Waals surface area contributed by atoms with Crippen LogP contribution < -0.4 is 11.1 Å². The zero-order valence-corrected chi connectivity index (χ0v) is 14.7. The summed E-state index contributed by atoms with van der Waals surface area (Å²) in [7, 11) is 0. The van der Waals surface area contributed by atoms with E-state index in [1.54, 1.807) is 12.3 Å². The minimum absolute atomic E-state index is 0.0703. The van der Waals surface area contributed by atoms with Crippen molar-refractivity contribution < 1.29 is 4.42 Å². The first-order valence-corrected chi connectivity index (χ1v) is 8.22. The van der Waals surface area contributed by atoms with Gasteiger partial charge in [-0.2, -0.15) is 4.98 Å². The number of pyridine rings is 1. The molecule has 3 N–H and O–H groups in total. The molecule has 0 spiro atoms. The molecule has 0 saturated carbocycles. The molecule has 5 nitrogen and oxygen atoms in total. The van der Waals surface area contributed by atoms with E-state index in [1.165, 1.54) is 0 Å². The standard InChI is InChI=1S/C15H14ClIN4O/c1-8(7-18)20-15-21-11-6-9(16)13(17)12(14(11)22-15)10-4-2-3-5-19-10/h2-6,8H,7,18H2,1H3,(H,20,21)/t8-/m0/s1. The van der Waals surface area contributed by atoms with Crippen molar-refractivity contribution in [3.8, 4) is 11.3 Å². The summed E-state index contributed by atoms with van der Waals surface area (Å²) >= 11 is 8.53. The van der Waals surface area contributed by atoms with Crippen LogP contribution in [0.2, 0.25) is 5.02 Å². The zero-order valence-electron chi connectivity index (χ0n) is 11.8. The molecule has 0 saturated heterocycles. The monoisotopic (exact) mass is 428 g/mol. The van der Waals surface area contributed by atoms with Crippen LogP contribution in [0.3, 0.4) is 0 Å². The number of nitrogens with two attached hydrogens (primary N) is 1. The van der Waals surface area contributed by atoms with Crippen LogP contribution in [-0.2, 0) is 0 Å². The molecule has 1 aromatic carbocycles. The summed E-state index contributed by atoms with van der Waals surface area (Å²) in [6.07, 6.45) is 1.74. The lowest BCUT2D eigenvalue weighted by atomic mass is 10.1. The normalized spacial score (nSPS) is 12.5. The molecule has 0 aliphatic rings. The lowest BCUT2D eigenvalue weighted by Gasteiger charge is -2.07. The average Bonchev–Trinajstić information content (AvgIpc) is 2.90. The third-order valence-corrected chi connectivity index (χ3v) is 4.95. The van der Waals surface area contributed by atoms with E-state index in [2.05, 4.69) is 37.9 Å². The smallest absolute Gasteiger partial charge is 0.295 e. The SMILES string of the molecule is C[C@@H](CN)Nc1nc2cc(Cl)c(I)c(-c3ccccn3)c2o1. The van der Waals surface area contributed by atoms with Crippen molar-refractivity contribution in [3.05, 3.63) is 39.1 Å². The summed E-state index contributed by atoms with van der Waals surface area (Å²) in [6.45, 7) is 2.45. The lowest BCUT2D eigenvalue weighted by Crippen LogP contribution is -2.25. The molecular weight excluding hydrogens is 415 g/mol. The summed E-state index contributed by atoms with van der Waals surface area (Å²) in [4.78, 5) is 8.84. The second-order valence-corrected chi connectivity index (χ2v) is 6.40. The Kier molecular flexibility index (Phi) is 4.51. The van der Waals surface area contributed by atoms with Crippen molar-refractivity contribution in [2.75, 3.05) is 11.9 Å². The Morgan fingerprint density at radius 2 is 2.27 bits per heavy atom. The number of rotatable bonds is 4. The summed E-state index contributed by atoms with van der Waals surface area (Å²) in [5.41, 5.74) is 8.63. The fourth-order valence-electron chi connectivity index (χ4n) is 2.08. The van der Waals surface area contributed by atoms with E-state index in [9.17, 15) is 0 Å². The van der Waals surface area contributed by atoms with Gasteiger partial charge in [0.15, 0.2) is 5.58 Å². The summed E-state index contributed by atoms with van der Waals surface area (Å²) in [6, 6.07) is 8.02. The van der Waals surface area contributed by atoms with Crippen LogP contribution in [-0.4, -0.2) is 22.6 Å². The topological polar surface area (TPSA) is 77.0 Å². The van der Waals surface area contributed by atoms with E-state index in [4.69, 9.17) is 21.8 Å². The third kappa shape index (κ3) is 2.90. The first-order chi connectivity index (χ1) is 10.6. The second kappa shape index (κ2) is 6.39. The maximum atomic E-state index is 6.33. The van der Waals surface area contributed by atoms with Gasteiger partial charge >= 0.3 is 0 Å². The number of hydrogen-bond donors (Lipinski definition) is 2. The van der Waals surface area contributed by atoms with Crippen LogP contribution in [0.4, 0.5) is 6.01 Å². The van der Waals surface area contributed by atoms with Crippen LogP contribution in [0.15, 0.2) is 34.9 Å².